The molecule has 0 spiro atoms. The molecule has 1 aliphatic rings. The molecule has 1 amide bonds. The molecule has 0 radical (unpaired) electrons. The number of nitrogens with one attached hydrogen (secondary N) is 1. The molecule has 0 bridgehead atoms. The molecule has 3 aromatic rings. The second-order valence-electron chi connectivity index (χ2n) is 6.44. The van der Waals surface area contributed by atoms with Gasteiger partial charge in [0.15, 0.2) is 0 Å². The molecule has 1 aliphatic heterocycles. The maximum Gasteiger partial charge on any atom is 0.275 e. The number of rotatable bonds is 3. The predicted octanol–water partition coefficient (Wildman–Crippen LogP) is 5.82. The number of ether oxygens (including phenoxy) is 1. The number of aryl methyl sites for hydroxylation is 2. The first kappa shape index (κ1) is 17.3. The first-order valence-electron chi connectivity index (χ1n) is 8.55. The van der Waals surface area contributed by atoms with Crippen LogP contribution in [0.2, 0.25) is 5.02 Å². The SMILES string of the molecule is Cc1cccc(Oc2ccc(N=C3C(=O)Nc4c(C)ccc(Cl)c43)cc2)c1. The fourth-order valence-corrected chi connectivity index (χ4v) is 3.25. The van der Waals surface area contributed by atoms with Gasteiger partial charge in [0.25, 0.3) is 5.91 Å². The van der Waals surface area contributed by atoms with Gasteiger partial charge >= 0.3 is 0 Å². The summed E-state index contributed by atoms with van der Waals surface area (Å²) in [5.74, 6) is 1.23. The molecule has 3 aromatic carbocycles. The van der Waals surface area contributed by atoms with Crippen LogP contribution < -0.4 is 10.1 Å². The third kappa shape index (κ3) is 3.44. The zero-order valence-corrected chi connectivity index (χ0v) is 15.7. The van der Waals surface area contributed by atoms with Crippen LogP contribution in [0.3, 0.4) is 0 Å². The molecule has 0 atom stereocenters. The monoisotopic (exact) mass is 376 g/mol. The molecule has 134 valence electrons. The summed E-state index contributed by atoms with van der Waals surface area (Å²) < 4.78 is 5.85. The molecule has 0 aromatic heterocycles. The number of carbonyl (C=O) groups excluding carboxylic acids is 1. The molecule has 5 heteroatoms. The molecular weight excluding hydrogens is 360 g/mol. The van der Waals surface area contributed by atoms with Gasteiger partial charge in [0, 0.05) is 5.56 Å². The van der Waals surface area contributed by atoms with Crippen molar-refractivity contribution in [2.45, 2.75) is 13.8 Å². The lowest BCUT2D eigenvalue weighted by atomic mass is 10.1. The number of anilines is 1. The van der Waals surface area contributed by atoms with Gasteiger partial charge in [-0.15, -0.1) is 0 Å². The van der Waals surface area contributed by atoms with Crippen molar-refractivity contribution in [3.05, 3.63) is 82.4 Å². The van der Waals surface area contributed by atoms with Crippen LogP contribution in [0.25, 0.3) is 0 Å². The zero-order valence-electron chi connectivity index (χ0n) is 14.9. The van der Waals surface area contributed by atoms with Gasteiger partial charge in [-0.3, -0.25) is 4.79 Å². The number of amides is 1. The largest absolute Gasteiger partial charge is 0.457 e. The minimum Gasteiger partial charge on any atom is -0.457 e. The predicted molar refractivity (Wildman–Crippen MR) is 109 cm³/mol. The highest BCUT2D eigenvalue weighted by Crippen LogP contribution is 2.34. The first-order chi connectivity index (χ1) is 13.0. The third-order valence-corrected chi connectivity index (χ3v) is 4.67. The number of hydrogen-bond acceptors (Lipinski definition) is 3. The van der Waals surface area contributed by atoms with E-state index in [0.717, 1.165) is 22.6 Å². The Morgan fingerprint density at radius 2 is 1.74 bits per heavy atom. The molecule has 0 saturated heterocycles. The van der Waals surface area contributed by atoms with Crippen LogP contribution in [0.4, 0.5) is 11.4 Å². The lowest BCUT2D eigenvalue weighted by molar-refractivity contribution is -0.110. The number of nitrogens with zero attached hydrogens (tertiary/aromatic N) is 1. The van der Waals surface area contributed by atoms with Gasteiger partial charge < -0.3 is 10.1 Å². The highest BCUT2D eigenvalue weighted by Gasteiger charge is 2.29. The van der Waals surface area contributed by atoms with E-state index in [4.69, 9.17) is 16.3 Å². The minimum atomic E-state index is -0.249. The van der Waals surface area contributed by atoms with Crippen molar-refractivity contribution in [2.24, 2.45) is 4.99 Å². The number of carbonyl (C=O) groups is 1. The van der Waals surface area contributed by atoms with E-state index >= 15 is 0 Å². The Labute approximate surface area is 162 Å². The standard InChI is InChI=1S/C22H17ClN2O2/c1-13-4-3-5-17(12-13)27-16-9-7-15(8-10-16)24-21-19-18(23)11-6-14(2)20(19)25-22(21)26/h3-12H,1-2H3,(H,24,25,26). The summed E-state index contributed by atoms with van der Waals surface area (Å²) in [7, 11) is 0. The van der Waals surface area contributed by atoms with Crippen molar-refractivity contribution in [3.8, 4) is 11.5 Å². The molecule has 27 heavy (non-hydrogen) atoms. The quantitative estimate of drug-likeness (QED) is 0.625. The highest BCUT2D eigenvalue weighted by molar-refractivity contribution is 6.57. The van der Waals surface area contributed by atoms with E-state index in [9.17, 15) is 4.79 Å². The van der Waals surface area contributed by atoms with E-state index in [2.05, 4.69) is 10.3 Å². The normalized spacial score (nSPS) is 14.2. The second kappa shape index (κ2) is 6.89. The van der Waals surface area contributed by atoms with Gasteiger partial charge in [0.1, 0.15) is 17.2 Å². The number of halogens is 1. The van der Waals surface area contributed by atoms with E-state index in [0.29, 0.717) is 27.7 Å². The average molecular weight is 377 g/mol. The van der Waals surface area contributed by atoms with Crippen LogP contribution in [-0.2, 0) is 4.79 Å². The molecule has 1 N–H and O–H groups in total. The average Bonchev–Trinajstić information content (AvgIpc) is 2.98. The van der Waals surface area contributed by atoms with Crippen molar-refractivity contribution < 1.29 is 9.53 Å². The summed E-state index contributed by atoms with van der Waals surface area (Å²) in [6, 6.07) is 18.8. The first-order valence-corrected chi connectivity index (χ1v) is 8.93. The van der Waals surface area contributed by atoms with Gasteiger partial charge in [-0.25, -0.2) is 4.99 Å². The zero-order chi connectivity index (χ0) is 19.0. The Balaban J connectivity index is 1.62. The van der Waals surface area contributed by atoms with Gasteiger partial charge in [-0.2, -0.15) is 0 Å². The third-order valence-electron chi connectivity index (χ3n) is 4.36. The molecule has 0 saturated carbocycles. The number of hydrogen-bond donors (Lipinski definition) is 1. The smallest absolute Gasteiger partial charge is 0.275 e. The Morgan fingerprint density at radius 1 is 0.963 bits per heavy atom. The van der Waals surface area contributed by atoms with Crippen LogP contribution in [0.1, 0.15) is 16.7 Å². The van der Waals surface area contributed by atoms with E-state index in [1.54, 1.807) is 6.07 Å². The fourth-order valence-electron chi connectivity index (χ4n) is 3.00. The number of fused-ring (bicyclic) bond motifs is 1. The van der Waals surface area contributed by atoms with Crippen LogP contribution in [0.15, 0.2) is 65.7 Å². The van der Waals surface area contributed by atoms with E-state index in [1.807, 2.05) is 68.4 Å². The maximum absolute atomic E-state index is 12.4. The van der Waals surface area contributed by atoms with Crippen LogP contribution in [-0.4, -0.2) is 11.6 Å². The van der Waals surface area contributed by atoms with Crippen LogP contribution in [0.5, 0.6) is 11.5 Å². The van der Waals surface area contributed by atoms with Crippen LogP contribution in [0, 0.1) is 13.8 Å². The molecule has 0 fully saturated rings. The van der Waals surface area contributed by atoms with Crippen molar-refractivity contribution in [1.82, 2.24) is 0 Å². The van der Waals surface area contributed by atoms with E-state index < -0.39 is 0 Å². The summed E-state index contributed by atoms with van der Waals surface area (Å²) in [6.07, 6.45) is 0. The molecule has 1 heterocycles. The van der Waals surface area contributed by atoms with Gasteiger partial charge in [0.05, 0.1) is 16.4 Å². The van der Waals surface area contributed by atoms with E-state index in [-0.39, 0.29) is 5.91 Å². The molecule has 0 aliphatic carbocycles. The second-order valence-corrected chi connectivity index (χ2v) is 6.85. The Bertz CT molecular complexity index is 1070. The van der Waals surface area contributed by atoms with Gasteiger partial charge in [-0.05, 0) is 67.4 Å². The Kier molecular flexibility index (Phi) is 4.42. The summed E-state index contributed by atoms with van der Waals surface area (Å²) >= 11 is 6.30. The summed E-state index contributed by atoms with van der Waals surface area (Å²) in [6.45, 7) is 3.94. The maximum atomic E-state index is 12.4. The summed E-state index contributed by atoms with van der Waals surface area (Å²) in [5, 5.41) is 3.35. The van der Waals surface area contributed by atoms with Crippen molar-refractivity contribution >= 4 is 34.6 Å². The Hall–Kier alpha value is -3.11. The number of aliphatic imine (C=N–C) groups is 1. The lowest BCUT2D eigenvalue weighted by Gasteiger charge is -2.07. The molecular formula is C22H17ClN2O2. The van der Waals surface area contributed by atoms with Crippen molar-refractivity contribution in [1.29, 1.82) is 0 Å². The lowest BCUT2D eigenvalue weighted by Crippen LogP contribution is -2.14. The van der Waals surface area contributed by atoms with Crippen molar-refractivity contribution in [2.75, 3.05) is 5.32 Å². The topological polar surface area (TPSA) is 50.7 Å². The molecule has 0 unspecified atom stereocenters. The Morgan fingerprint density at radius 3 is 2.48 bits per heavy atom. The summed E-state index contributed by atoms with van der Waals surface area (Å²) in [4.78, 5) is 16.9. The highest BCUT2D eigenvalue weighted by atomic mass is 35.5. The van der Waals surface area contributed by atoms with Crippen molar-refractivity contribution in [3.63, 3.8) is 0 Å². The molecule has 4 rings (SSSR count). The molecule has 4 nitrogen and oxygen atoms in total. The number of benzene rings is 3. The van der Waals surface area contributed by atoms with Crippen LogP contribution >= 0.6 is 11.6 Å². The fraction of sp³-hybridized carbons (Fsp3) is 0.0909. The van der Waals surface area contributed by atoms with Gasteiger partial charge in [-0.1, -0.05) is 29.8 Å². The summed E-state index contributed by atoms with van der Waals surface area (Å²) in [5.41, 5.74) is 4.45. The minimum absolute atomic E-state index is 0.249. The van der Waals surface area contributed by atoms with Gasteiger partial charge in [0.2, 0.25) is 0 Å². The van der Waals surface area contributed by atoms with E-state index in [1.165, 1.54) is 0 Å².